The predicted octanol–water partition coefficient (Wildman–Crippen LogP) is 17.9. The molecule has 5 aromatic carbocycles. The summed E-state index contributed by atoms with van der Waals surface area (Å²) in [5.74, 6) is 0.454. The third-order valence-electron chi connectivity index (χ3n) is 18.8. The largest absolute Gasteiger partial charge is 0.487 e. The van der Waals surface area contributed by atoms with Crippen molar-refractivity contribution in [1.82, 2.24) is 24.9 Å². The number of nitrogens with one attached hydrogen (secondary N) is 5. The first-order chi connectivity index (χ1) is 56.0. The van der Waals surface area contributed by atoms with E-state index in [0.29, 0.717) is 54.7 Å². The fraction of sp³-hybridized carbons (Fsp3) is 0.400. The van der Waals surface area contributed by atoms with Crippen molar-refractivity contribution >= 4 is 83.0 Å². The van der Waals surface area contributed by atoms with Gasteiger partial charge in [0.2, 0.25) is 27.8 Å². The van der Waals surface area contributed by atoms with Crippen molar-refractivity contribution in [3.8, 4) is 28.7 Å². The lowest BCUT2D eigenvalue weighted by Gasteiger charge is -2.36. The molecule has 0 aliphatic carbocycles. The zero-order valence-electron chi connectivity index (χ0n) is 63.1. The number of aromatic nitrogens is 5. The molecule has 47 heteroatoms. The summed E-state index contributed by atoms with van der Waals surface area (Å²) in [5, 5.41) is -1.60. The molecule has 5 atom stereocenters. The average Bonchev–Trinajstić information content (AvgIpc) is 0.452. The van der Waals surface area contributed by atoms with Crippen LogP contribution in [0.5, 0.6) is 28.7 Å². The molecule has 5 aliphatic rings. The van der Waals surface area contributed by atoms with E-state index in [9.17, 15) is 143 Å². The number of anilines is 5. The summed E-state index contributed by atoms with van der Waals surface area (Å²) in [6.07, 6.45) is -43.9. The molecule has 5 aromatic heterocycles. The Kier molecular flexibility index (Phi) is 24.6. The van der Waals surface area contributed by atoms with Crippen LogP contribution in [0.15, 0.2) is 115 Å². The first-order valence-corrected chi connectivity index (χ1v) is 35.8. The fourth-order valence-corrected chi connectivity index (χ4v) is 14.3. The summed E-state index contributed by atoms with van der Waals surface area (Å²) in [4.78, 5) is 74.4. The van der Waals surface area contributed by atoms with Crippen molar-refractivity contribution in [2.24, 2.45) is 0 Å². The lowest BCUT2D eigenvalue weighted by atomic mass is 10.0. The molecule has 0 saturated carbocycles. The monoisotopic (exact) mass is 1780 g/mol. The molecule has 5 aliphatic heterocycles. The second-order valence-corrected chi connectivity index (χ2v) is 28.8. The van der Waals surface area contributed by atoms with Crippen molar-refractivity contribution in [1.29, 1.82) is 0 Å². The van der Waals surface area contributed by atoms with Crippen LogP contribution in [0, 0.1) is 0 Å². The Bertz CT molecular complexity index is 5580. The molecule has 0 amide bonds. The van der Waals surface area contributed by atoms with Gasteiger partial charge in [-0.2, -0.15) is 119 Å². The van der Waals surface area contributed by atoms with Crippen molar-refractivity contribution in [3.05, 3.63) is 171 Å². The number of hydrogen-bond donors (Lipinski definition) is 5. The van der Waals surface area contributed by atoms with Crippen LogP contribution in [-0.4, -0.2) is 146 Å². The number of likely N-dealkylation sites (N-methyl/N-ethyl adjacent to an activating group) is 1. The molecule has 0 saturated heterocycles. The van der Waals surface area contributed by atoms with Gasteiger partial charge in [-0.15, -0.1) is 0 Å². The van der Waals surface area contributed by atoms with Gasteiger partial charge in [-0.3, -0.25) is 24.0 Å². The summed E-state index contributed by atoms with van der Waals surface area (Å²) in [6, 6.07) is 13.4. The predicted molar refractivity (Wildman–Crippen MR) is 389 cm³/mol. The van der Waals surface area contributed by atoms with Crippen LogP contribution in [0.4, 0.5) is 147 Å². The Hall–Kier alpha value is -11.7. The number of nitrogens with zero attached hydrogens (tertiary/aromatic N) is 5. The summed E-state index contributed by atoms with van der Waals surface area (Å²) >= 11 is 0. The average molecular weight is 1780 g/mol. The number of pyridine rings is 5. The van der Waals surface area contributed by atoms with Gasteiger partial charge >= 0.3 is 55.6 Å². The van der Waals surface area contributed by atoms with Gasteiger partial charge in [-0.25, -0.2) is 0 Å². The molecular formula is C75H63F27N10O10. The molecular weight excluding hydrogens is 1710 g/mol. The van der Waals surface area contributed by atoms with Gasteiger partial charge in [-0.1, -0.05) is 6.92 Å². The molecule has 10 aromatic rings. The van der Waals surface area contributed by atoms with Crippen LogP contribution >= 0.6 is 0 Å². The number of benzene rings is 5. The normalized spacial score (nSPS) is 18.2. The minimum absolute atomic E-state index is 0.00882. The SMILES string of the molecule is CC1CN(C)c2cc3c(C(F)(F)F)cc(=O)[nH]c3cc2O1.CC1CN(CC(F)(F)F)c2cc3c(C(F)(F)F)cc(=O)[nH]c3cc2O1.CC1CN(CC(F)(F)F)c2cc3c(C(F)(F)F)cc(=O)[nH]c3cc2O1.CC1CN(CC(F)(F)F)c2cc3c(C(F)(F)F)cc(=O)[nH]c3cc2O1.CCC1CN(CC(F)(F)F)c2cc3c(C(F)(F)F)cc(=O)[nH]c3cc2O1. The van der Waals surface area contributed by atoms with E-state index in [0.717, 1.165) is 68.1 Å². The van der Waals surface area contributed by atoms with Gasteiger partial charge in [0.1, 0.15) is 85.4 Å². The van der Waals surface area contributed by atoms with Crippen LogP contribution in [0.25, 0.3) is 54.5 Å². The topological polar surface area (TPSA) is 227 Å². The highest BCUT2D eigenvalue weighted by molar-refractivity contribution is 5.94. The van der Waals surface area contributed by atoms with Crippen LogP contribution in [0.2, 0.25) is 0 Å². The van der Waals surface area contributed by atoms with Crippen molar-refractivity contribution in [3.63, 3.8) is 0 Å². The van der Waals surface area contributed by atoms with Gasteiger partial charge in [0, 0.05) is 94.6 Å². The first-order valence-electron chi connectivity index (χ1n) is 35.8. The van der Waals surface area contributed by atoms with Gasteiger partial charge in [0.05, 0.1) is 117 Å². The maximum atomic E-state index is 13.2. The van der Waals surface area contributed by atoms with Crippen LogP contribution in [0.1, 0.15) is 68.9 Å². The first kappa shape index (κ1) is 91.0. The minimum Gasteiger partial charge on any atom is -0.487 e. The third kappa shape index (κ3) is 21.6. The van der Waals surface area contributed by atoms with Gasteiger partial charge in [-0.05, 0) is 64.4 Å². The standard InChI is InChI=1S/C16H14F6N2O2.3C15H12F6N2O2.C14H13F3N2O2/c1-2-8-6-24(7-15(17,18)19)12-3-9-10(16(20,21)22)4-14(25)23-11(9)5-13(12)26-8;3*1-7-5-23(6-14(16,17)18)11-2-8-9(15(19,20)21)3-13(24)22-10(8)4-12(11)25-7;1-7-6-19(2)11-3-8-9(14(15,16)17)4-13(20)18-10(8)5-12(11)21-7/h3-5,8H,2,6-7H2,1H3,(H,23,25);3*2-4,7H,5-6H2,1H3,(H,22,24);3-5,7H,6H2,1-2H3,(H,18,20). The molecule has 5 unspecified atom stereocenters. The summed E-state index contributed by atoms with van der Waals surface area (Å²) in [6.45, 7) is 3.11. The molecule has 5 N–H and O–H groups in total. The van der Waals surface area contributed by atoms with E-state index in [4.69, 9.17) is 23.7 Å². The van der Waals surface area contributed by atoms with Crippen molar-refractivity contribution in [2.75, 3.05) is 90.5 Å². The molecule has 0 radical (unpaired) electrons. The number of aromatic amines is 5. The van der Waals surface area contributed by atoms with Crippen LogP contribution < -0.4 is 76.0 Å². The zero-order chi connectivity index (χ0) is 90.3. The van der Waals surface area contributed by atoms with Crippen molar-refractivity contribution in [2.45, 2.75) is 127 Å². The zero-order valence-corrected chi connectivity index (χ0v) is 63.1. The molecule has 10 heterocycles. The Labute approximate surface area is 665 Å². The Morgan fingerprint density at radius 1 is 0.287 bits per heavy atom. The second kappa shape index (κ2) is 32.9. The smallest absolute Gasteiger partial charge is 0.417 e. The quantitative estimate of drug-likeness (QED) is 0.101. The number of alkyl halides is 27. The van der Waals surface area contributed by atoms with Crippen LogP contribution in [-0.2, 0) is 30.9 Å². The summed E-state index contributed by atoms with van der Waals surface area (Å²) < 4.78 is 379. The van der Waals surface area contributed by atoms with E-state index in [2.05, 4.69) is 24.9 Å². The molecule has 662 valence electrons. The van der Waals surface area contributed by atoms with E-state index in [1.54, 1.807) is 34.7 Å². The number of fused-ring (bicyclic) bond motifs is 10. The Morgan fingerprint density at radius 2 is 0.484 bits per heavy atom. The van der Waals surface area contributed by atoms with Gasteiger partial charge < -0.3 is 73.1 Å². The maximum absolute atomic E-state index is 13.2. The third-order valence-corrected chi connectivity index (χ3v) is 18.8. The second-order valence-electron chi connectivity index (χ2n) is 28.8. The summed E-state index contributed by atoms with van der Waals surface area (Å²) in [7, 11) is 1.79. The molecule has 20 nitrogen and oxygen atoms in total. The Balaban J connectivity index is 0.000000149. The molecule has 0 bridgehead atoms. The highest BCUT2D eigenvalue weighted by Gasteiger charge is 2.44. The van der Waals surface area contributed by atoms with E-state index >= 15 is 0 Å². The minimum atomic E-state index is -4.82. The fourth-order valence-electron chi connectivity index (χ4n) is 14.3. The molecule has 0 fully saturated rings. The van der Waals surface area contributed by atoms with Gasteiger partial charge in [0.25, 0.3) is 0 Å². The lowest BCUT2D eigenvalue weighted by molar-refractivity contribution is -0.137. The number of ether oxygens (including phenoxy) is 5. The molecule has 122 heavy (non-hydrogen) atoms. The number of H-pyrrole nitrogens is 5. The maximum Gasteiger partial charge on any atom is 0.417 e. The van der Waals surface area contributed by atoms with Crippen LogP contribution in [0.3, 0.4) is 0 Å². The highest BCUT2D eigenvalue weighted by atomic mass is 19.4. The van der Waals surface area contributed by atoms with E-state index in [-0.39, 0.29) is 116 Å². The molecule has 15 rings (SSSR count). The van der Waals surface area contributed by atoms with Crippen molar-refractivity contribution < 1.29 is 142 Å². The number of hydrogen-bond acceptors (Lipinski definition) is 15. The van der Waals surface area contributed by atoms with Gasteiger partial charge in [0.15, 0.2) is 0 Å². The highest BCUT2D eigenvalue weighted by Crippen LogP contribution is 2.49. The molecule has 0 spiro atoms. The lowest BCUT2D eigenvalue weighted by Crippen LogP contribution is -2.44. The number of halogens is 27. The van der Waals surface area contributed by atoms with E-state index in [1.807, 2.05) is 11.8 Å². The number of rotatable bonds is 5. The van der Waals surface area contributed by atoms with E-state index in [1.165, 1.54) is 12.1 Å². The van der Waals surface area contributed by atoms with E-state index < -0.39 is 178 Å². The summed E-state index contributed by atoms with van der Waals surface area (Å²) in [5.41, 5.74) is -10.7. The Morgan fingerprint density at radius 3 is 0.697 bits per heavy atom.